The third-order valence-electron chi connectivity index (χ3n) is 3.02. The van der Waals surface area contributed by atoms with E-state index in [1.165, 1.54) is 11.3 Å². The SMILES string of the molecule is Cc1ccccc1S(=O)(=O)Nc1nc2ccc(N)cc2s1. The van der Waals surface area contributed by atoms with Crippen molar-refractivity contribution >= 4 is 42.4 Å². The Morgan fingerprint density at radius 1 is 1.19 bits per heavy atom. The van der Waals surface area contributed by atoms with Crippen molar-refractivity contribution in [2.45, 2.75) is 11.8 Å². The van der Waals surface area contributed by atoms with Crippen LogP contribution in [0.2, 0.25) is 0 Å². The molecule has 0 radical (unpaired) electrons. The smallest absolute Gasteiger partial charge is 0.263 e. The number of benzene rings is 2. The van der Waals surface area contributed by atoms with Crippen LogP contribution in [-0.2, 0) is 10.0 Å². The monoisotopic (exact) mass is 319 g/mol. The molecule has 21 heavy (non-hydrogen) atoms. The number of rotatable bonds is 3. The molecule has 0 amide bonds. The van der Waals surface area contributed by atoms with Gasteiger partial charge in [-0.2, -0.15) is 0 Å². The van der Waals surface area contributed by atoms with Gasteiger partial charge in [-0.25, -0.2) is 13.4 Å². The molecule has 5 nitrogen and oxygen atoms in total. The summed E-state index contributed by atoms with van der Waals surface area (Å²) in [6.45, 7) is 1.76. The van der Waals surface area contributed by atoms with Gasteiger partial charge in [-0.1, -0.05) is 29.5 Å². The average molecular weight is 319 g/mol. The molecule has 2 aromatic carbocycles. The molecule has 0 atom stereocenters. The van der Waals surface area contributed by atoms with E-state index in [1.54, 1.807) is 49.4 Å². The summed E-state index contributed by atoms with van der Waals surface area (Å²) in [4.78, 5) is 4.52. The number of hydrogen-bond donors (Lipinski definition) is 2. The van der Waals surface area contributed by atoms with E-state index < -0.39 is 10.0 Å². The molecule has 0 spiro atoms. The average Bonchev–Trinajstić information content (AvgIpc) is 2.79. The highest BCUT2D eigenvalue weighted by atomic mass is 32.2. The minimum atomic E-state index is -3.64. The summed E-state index contributed by atoms with van der Waals surface area (Å²) in [6.07, 6.45) is 0. The Balaban J connectivity index is 1.99. The van der Waals surface area contributed by atoms with E-state index in [-0.39, 0.29) is 4.90 Å². The second-order valence-corrected chi connectivity index (χ2v) is 7.30. The van der Waals surface area contributed by atoms with Crippen molar-refractivity contribution in [1.29, 1.82) is 0 Å². The van der Waals surface area contributed by atoms with Crippen molar-refractivity contribution in [3.63, 3.8) is 0 Å². The zero-order chi connectivity index (χ0) is 15.0. The Hall–Kier alpha value is -2.12. The Morgan fingerprint density at radius 3 is 2.71 bits per heavy atom. The van der Waals surface area contributed by atoms with Crippen LogP contribution in [0.15, 0.2) is 47.4 Å². The van der Waals surface area contributed by atoms with Gasteiger partial charge in [0, 0.05) is 5.69 Å². The number of nitrogen functional groups attached to an aromatic ring is 1. The maximum atomic E-state index is 12.4. The van der Waals surface area contributed by atoms with Crippen molar-refractivity contribution in [2.24, 2.45) is 0 Å². The van der Waals surface area contributed by atoms with Crippen molar-refractivity contribution in [1.82, 2.24) is 4.98 Å². The standard InChI is InChI=1S/C14H13N3O2S2/c1-9-4-2-3-5-13(9)21(18,19)17-14-16-11-7-6-10(15)8-12(11)20-14/h2-8H,15H2,1H3,(H,16,17). The maximum Gasteiger partial charge on any atom is 0.263 e. The van der Waals surface area contributed by atoms with Crippen LogP contribution < -0.4 is 10.5 Å². The molecule has 1 aromatic heterocycles. The highest BCUT2D eigenvalue weighted by Gasteiger charge is 2.18. The highest BCUT2D eigenvalue weighted by molar-refractivity contribution is 7.93. The van der Waals surface area contributed by atoms with Crippen molar-refractivity contribution in [3.8, 4) is 0 Å². The van der Waals surface area contributed by atoms with Crippen molar-refractivity contribution in [3.05, 3.63) is 48.0 Å². The number of nitrogens with two attached hydrogens (primary N) is 1. The van der Waals surface area contributed by atoms with Gasteiger partial charge < -0.3 is 5.73 Å². The van der Waals surface area contributed by atoms with E-state index in [4.69, 9.17) is 5.73 Å². The molecule has 3 aromatic rings. The Labute approximate surface area is 126 Å². The molecular formula is C14H13N3O2S2. The summed E-state index contributed by atoms with van der Waals surface area (Å²) in [5.74, 6) is 0. The predicted molar refractivity (Wildman–Crippen MR) is 86.0 cm³/mol. The first kappa shape index (κ1) is 13.8. The van der Waals surface area contributed by atoms with Crippen LogP contribution in [0.4, 0.5) is 10.8 Å². The second-order valence-electron chi connectivity index (χ2n) is 4.62. The molecule has 0 aliphatic heterocycles. The summed E-state index contributed by atoms with van der Waals surface area (Å²) in [6, 6.07) is 12.1. The van der Waals surface area contributed by atoms with Crippen molar-refractivity contribution in [2.75, 3.05) is 10.5 Å². The number of anilines is 2. The van der Waals surface area contributed by atoms with Gasteiger partial charge in [0.2, 0.25) is 0 Å². The fourth-order valence-corrected chi connectivity index (χ4v) is 4.41. The summed E-state index contributed by atoms with van der Waals surface area (Å²) in [7, 11) is -3.64. The van der Waals surface area contributed by atoms with Gasteiger partial charge in [0.1, 0.15) is 0 Å². The predicted octanol–water partition coefficient (Wildman–Crippen LogP) is 2.99. The van der Waals surface area contributed by atoms with Gasteiger partial charge >= 0.3 is 0 Å². The quantitative estimate of drug-likeness (QED) is 0.727. The molecule has 0 saturated heterocycles. The van der Waals surface area contributed by atoms with Crippen molar-refractivity contribution < 1.29 is 8.42 Å². The molecule has 0 aliphatic rings. The molecule has 108 valence electrons. The minimum Gasteiger partial charge on any atom is -0.399 e. The number of nitrogens with zero attached hydrogens (tertiary/aromatic N) is 1. The number of sulfonamides is 1. The lowest BCUT2D eigenvalue weighted by Gasteiger charge is -2.07. The Bertz CT molecular complexity index is 917. The summed E-state index contributed by atoms with van der Waals surface area (Å²) >= 11 is 1.26. The van der Waals surface area contributed by atoms with Crippen LogP contribution in [0.1, 0.15) is 5.56 Å². The molecule has 0 bridgehead atoms. The lowest BCUT2D eigenvalue weighted by molar-refractivity contribution is 0.600. The Kier molecular flexibility index (Phi) is 3.30. The first-order valence-corrected chi connectivity index (χ1v) is 8.50. The van der Waals surface area contributed by atoms with Crippen LogP contribution in [-0.4, -0.2) is 13.4 Å². The molecule has 1 heterocycles. The second kappa shape index (κ2) is 5.01. The van der Waals surface area contributed by atoms with Crippen LogP contribution in [0.3, 0.4) is 0 Å². The fraction of sp³-hybridized carbons (Fsp3) is 0.0714. The lowest BCUT2D eigenvalue weighted by Crippen LogP contribution is -2.13. The topological polar surface area (TPSA) is 85.1 Å². The van der Waals surface area contributed by atoms with E-state index in [1.807, 2.05) is 0 Å². The summed E-state index contributed by atoms with van der Waals surface area (Å²) in [5.41, 5.74) is 7.75. The van der Waals surface area contributed by atoms with Crippen LogP contribution in [0, 0.1) is 6.92 Å². The van der Waals surface area contributed by atoms with Gasteiger partial charge in [-0.15, -0.1) is 0 Å². The summed E-state index contributed by atoms with van der Waals surface area (Å²) in [5, 5.41) is 0.332. The van der Waals surface area contributed by atoms with E-state index in [0.29, 0.717) is 16.4 Å². The van der Waals surface area contributed by atoms with Crippen LogP contribution >= 0.6 is 11.3 Å². The number of nitrogens with one attached hydrogen (secondary N) is 1. The fourth-order valence-electron chi connectivity index (χ4n) is 2.01. The number of fused-ring (bicyclic) bond motifs is 1. The number of aryl methyl sites for hydroxylation is 1. The van der Waals surface area contributed by atoms with E-state index in [2.05, 4.69) is 9.71 Å². The van der Waals surface area contributed by atoms with Gasteiger partial charge in [0.05, 0.1) is 15.1 Å². The van der Waals surface area contributed by atoms with Gasteiger partial charge in [-0.05, 0) is 36.8 Å². The highest BCUT2D eigenvalue weighted by Crippen LogP contribution is 2.29. The molecular weight excluding hydrogens is 306 g/mol. The molecule has 3 rings (SSSR count). The minimum absolute atomic E-state index is 0.253. The molecule has 0 fully saturated rings. The van der Waals surface area contributed by atoms with E-state index in [9.17, 15) is 8.42 Å². The molecule has 7 heteroatoms. The van der Waals surface area contributed by atoms with Gasteiger partial charge in [-0.3, -0.25) is 4.72 Å². The number of aromatic nitrogens is 1. The van der Waals surface area contributed by atoms with Gasteiger partial charge in [0.25, 0.3) is 10.0 Å². The Morgan fingerprint density at radius 2 is 1.95 bits per heavy atom. The number of thiazole rings is 1. The first-order valence-electron chi connectivity index (χ1n) is 6.20. The zero-order valence-corrected chi connectivity index (χ0v) is 12.8. The molecule has 0 unspecified atom stereocenters. The molecule has 0 saturated carbocycles. The first-order chi connectivity index (χ1) is 9.95. The lowest BCUT2D eigenvalue weighted by atomic mass is 10.2. The van der Waals surface area contributed by atoms with Crippen LogP contribution in [0.25, 0.3) is 10.2 Å². The van der Waals surface area contributed by atoms with E-state index >= 15 is 0 Å². The zero-order valence-electron chi connectivity index (χ0n) is 11.2. The molecule has 0 aliphatic carbocycles. The van der Waals surface area contributed by atoms with Gasteiger partial charge in [0.15, 0.2) is 5.13 Å². The normalized spacial score (nSPS) is 11.7. The maximum absolute atomic E-state index is 12.4. The third-order valence-corrected chi connectivity index (χ3v) is 5.58. The molecule has 3 N–H and O–H groups in total. The number of hydrogen-bond acceptors (Lipinski definition) is 5. The van der Waals surface area contributed by atoms with Crippen LogP contribution in [0.5, 0.6) is 0 Å². The largest absolute Gasteiger partial charge is 0.399 e. The summed E-state index contributed by atoms with van der Waals surface area (Å²) < 4.78 is 28.2. The van der Waals surface area contributed by atoms with E-state index in [0.717, 1.165) is 10.2 Å². The third kappa shape index (κ3) is 2.70.